The van der Waals surface area contributed by atoms with Crippen molar-refractivity contribution in [3.8, 4) is 0 Å². The van der Waals surface area contributed by atoms with Crippen molar-refractivity contribution in [2.75, 3.05) is 6.54 Å². The van der Waals surface area contributed by atoms with Crippen LogP contribution in [-0.2, 0) is 11.2 Å². The van der Waals surface area contributed by atoms with Gasteiger partial charge in [-0.3, -0.25) is 9.78 Å². The maximum atomic E-state index is 10.9. The van der Waals surface area contributed by atoms with Crippen molar-refractivity contribution >= 4 is 17.0 Å². The van der Waals surface area contributed by atoms with Crippen molar-refractivity contribution in [1.29, 1.82) is 0 Å². The van der Waals surface area contributed by atoms with Crippen molar-refractivity contribution in [2.45, 2.75) is 13.3 Å². The van der Waals surface area contributed by atoms with Gasteiger partial charge in [0, 0.05) is 13.5 Å². The molecule has 2 N–H and O–H groups in total. The highest BCUT2D eigenvalue weighted by molar-refractivity contribution is 5.73. The number of oxazole rings is 1. The first-order valence-corrected chi connectivity index (χ1v) is 5.01. The molecule has 0 bridgehead atoms. The van der Waals surface area contributed by atoms with Crippen LogP contribution < -0.4 is 11.1 Å². The molecule has 0 saturated carbocycles. The molecule has 0 spiro atoms. The Balaban J connectivity index is 2.13. The average molecular weight is 220 g/mol. The van der Waals surface area contributed by atoms with Gasteiger partial charge in [0.25, 0.3) is 0 Å². The lowest BCUT2D eigenvalue weighted by Crippen LogP contribution is -2.22. The maximum Gasteiger partial charge on any atom is 0.417 e. The monoisotopic (exact) mass is 220 g/mol. The molecule has 1 aromatic carbocycles. The molecule has 0 saturated heterocycles. The number of carbonyl (C=O) groups excluding carboxylic acids is 1. The van der Waals surface area contributed by atoms with E-state index >= 15 is 0 Å². The van der Waals surface area contributed by atoms with Gasteiger partial charge < -0.3 is 9.73 Å². The second-order valence-electron chi connectivity index (χ2n) is 3.58. The summed E-state index contributed by atoms with van der Waals surface area (Å²) < 4.78 is 4.88. The van der Waals surface area contributed by atoms with Crippen LogP contribution in [-0.4, -0.2) is 17.4 Å². The van der Waals surface area contributed by atoms with Crippen LogP contribution in [0.2, 0.25) is 0 Å². The van der Waals surface area contributed by atoms with Crippen LogP contribution in [0.3, 0.4) is 0 Å². The predicted octanol–water partition coefficient (Wildman–Crippen LogP) is 0.800. The van der Waals surface area contributed by atoms with E-state index in [1.165, 1.54) is 6.92 Å². The quantitative estimate of drug-likeness (QED) is 0.803. The van der Waals surface area contributed by atoms with E-state index in [2.05, 4.69) is 10.3 Å². The number of hydrogen-bond donors (Lipinski definition) is 2. The van der Waals surface area contributed by atoms with Crippen molar-refractivity contribution in [2.24, 2.45) is 0 Å². The Morgan fingerprint density at radius 1 is 1.50 bits per heavy atom. The number of hydrogen-bond acceptors (Lipinski definition) is 3. The Hall–Kier alpha value is -2.04. The van der Waals surface area contributed by atoms with E-state index < -0.39 is 5.76 Å². The molecule has 0 aliphatic carbocycles. The number of aromatic nitrogens is 1. The number of rotatable bonds is 3. The zero-order valence-corrected chi connectivity index (χ0v) is 8.87. The third-order valence-electron chi connectivity index (χ3n) is 2.27. The third kappa shape index (κ3) is 2.31. The van der Waals surface area contributed by atoms with E-state index in [1.807, 2.05) is 12.1 Å². The van der Waals surface area contributed by atoms with E-state index in [9.17, 15) is 9.59 Å². The number of H-pyrrole nitrogens is 1. The number of aromatic amines is 1. The van der Waals surface area contributed by atoms with E-state index in [0.717, 1.165) is 12.0 Å². The highest BCUT2D eigenvalue weighted by Crippen LogP contribution is 2.12. The molecule has 0 radical (unpaired) electrons. The number of carbonyl (C=O) groups is 1. The number of fused-ring (bicyclic) bond motifs is 1. The van der Waals surface area contributed by atoms with E-state index in [4.69, 9.17) is 4.42 Å². The Bertz CT molecular complexity index is 568. The fraction of sp³-hybridized carbons (Fsp3) is 0.273. The highest BCUT2D eigenvalue weighted by atomic mass is 16.4. The molecule has 0 aliphatic rings. The van der Waals surface area contributed by atoms with Crippen molar-refractivity contribution in [3.05, 3.63) is 34.3 Å². The summed E-state index contributed by atoms with van der Waals surface area (Å²) in [4.78, 5) is 24.2. The normalized spacial score (nSPS) is 10.6. The molecule has 1 aromatic heterocycles. The van der Waals surface area contributed by atoms with Gasteiger partial charge in [0.2, 0.25) is 5.91 Å². The fourth-order valence-electron chi connectivity index (χ4n) is 1.54. The van der Waals surface area contributed by atoms with E-state index in [-0.39, 0.29) is 5.91 Å². The first kappa shape index (κ1) is 10.5. The van der Waals surface area contributed by atoms with Crippen LogP contribution >= 0.6 is 0 Å². The number of amides is 1. The SMILES string of the molecule is CC(=O)NCCc1ccc2oc(=O)[nH]c2c1. The van der Waals surface area contributed by atoms with E-state index in [1.54, 1.807) is 6.07 Å². The van der Waals surface area contributed by atoms with Crippen LogP contribution in [0.25, 0.3) is 11.1 Å². The predicted molar refractivity (Wildman–Crippen MR) is 59.2 cm³/mol. The summed E-state index contributed by atoms with van der Waals surface area (Å²) in [6, 6.07) is 5.47. The minimum absolute atomic E-state index is 0.0437. The average Bonchev–Trinajstić information content (AvgIpc) is 2.56. The highest BCUT2D eigenvalue weighted by Gasteiger charge is 2.02. The molecule has 0 aliphatic heterocycles. The molecule has 0 unspecified atom stereocenters. The molecule has 0 fully saturated rings. The lowest BCUT2D eigenvalue weighted by atomic mass is 10.1. The number of benzene rings is 1. The molecule has 5 nitrogen and oxygen atoms in total. The molecule has 1 heterocycles. The van der Waals surface area contributed by atoms with Crippen LogP contribution in [0.1, 0.15) is 12.5 Å². The second kappa shape index (κ2) is 4.22. The molecular formula is C11H12N2O3. The minimum Gasteiger partial charge on any atom is -0.408 e. The summed E-state index contributed by atoms with van der Waals surface area (Å²) in [5.41, 5.74) is 2.27. The molecule has 5 heteroatoms. The molecule has 16 heavy (non-hydrogen) atoms. The lowest BCUT2D eigenvalue weighted by molar-refractivity contribution is -0.118. The topological polar surface area (TPSA) is 75.1 Å². The van der Waals surface area contributed by atoms with Crippen molar-refractivity contribution < 1.29 is 9.21 Å². The van der Waals surface area contributed by atoms with Gasteiger partial charge in [-0.15, -0.1) is 0 Å². The van der Waals surface area contributed by atoms with Crippen LogP contribution in [0, 0.1) is 0 Å². The van der Waals surface area contributed by atoms with E-state index in [0.29, 0.717) is 17.6 Å². The van der Waals surface area contributed by atoms with Crippen LogP contribution in [0.4, 0.5) is 0 Å². The molecule has 0 atom stereocenters. The van der Waals surface area contributed by atoms with Gasteiger partial charge in [-0.1, -0.05) is 6.07 Å². The van der Waals surface area contributed by atoms with Crippen molar-refractivity contribution in [3.63, 3.8) is 0 Å². The summed E-state index contributed by atoms with van der Waals surface area (Å²) in [5.74, 6) is -0.494. The lowest BCUT2D eigenvalue weighted by Gasteiger charge is -2.01. The number of nitrogens with one attached hydrogen (secondary N) is 2. The van der Waals surface area contributed by atoms with Gasteiger partial charge in [-0.05, 0) is 24.1 Å². The summed E-state index contributed by atoms with van der Waals surface area (Å²) >= 11 is 0. The van der Waals surface area contributed by atoms with Crippen LogP contribution in [0.15, 0.2) is 27.4 Å². The molecule has 1 amide bonds. The second-order valence-corrected chi connectivity index (χ2v) is 3.58. The standard InChI is InChI=1S/C11H12N2O3/c1-7(14)12-5-4-8-2-3-10-9(6-8)13-11(15)16-10/h2-3,6H,4-5H2,1H3,(H,12,14)(H,13,15). The maximum absolute atomic E-state index is 10.9. The first-order valence-electron chi connectivity index (χ1n) is 5.01. The third-order valence-corrected chi connectivity index (χ3v) is 2.27. The summed E-state index contributed by atoms with van der Waals surface area (Å²) in [6.45, 7) is 2.07. The summed E-state index contributed by atoms with van der Waals surface area (Å²) in [7, 11) is 0. The van der Waals surface area contributed by atoms with Gasteiger partial charge >= 0.3 is 5.76 Å². The van der Waals surface area contributed by atoms with Gasteiger partial charge in [-0.2, -0.15) is 0 Å². The Kier molecular flexibility index (Phi) is 2.76. The Morgan fingerprint density at radius 3 is 3.06 bits per heavy atom. The zero-order chi connectivity index (χ0) is 11.5. The Morgan fingerprint density at radius 2 is 2.31 bits per heavy atom. The van der Waals surface area contributed by atoms with Gasteiger partial charge in [0.15, 0.2) is 5.58 Å². The molecular weight excluding hydrogens is 208 g/mol. The first-order chi connectivity index (χ1) is 7.65. The fourth-order valence-corrected chi connectivity index (χ4v) is 1.54. The van der Waals surface area contributed by atoms with Gasteiger partial charge in [0.05, 0.1) is 5.52 Å². The smallest absolute Gasteiger partial charge is 0.408 e. The Labute approximate surface area is 91.5 Å². The molecule has 2 rings (SSSR count). The summed E-state index contributed by atoms with van der Waals surface area (Å²) in [5, 5.41) is 2.71. The largest absolute Gasteiger partial charge is 0.417 e. The van der Waals surface area contributed by atoms with Gasteiger partial charge in [-0.25, -0.2) is 4.79 Å². The van der Waals surface area contributed by atoms with Gasteiger partial charge in [0.1, 0.15) is 0 Å². The summed E-state index contributed by atoms with van der Waals surface area (Å²) in [6.07, 6.45) is 0.725. The van der Waals surface area contributed by atoms with Crippen molar-refractivity contribution in [1.82, 2.24) is 10.3 Å². The van der Waals surface area contributed by atoms with Crippen LogP contribution in [0.5, 0.6) is 0 Å². The molecule has 84 valence electrons. The zero-order valence-electron chi connectivity index (χ0n) is 8.87. The molecule has 2 aromatic rings. The minimum atomic E-state index is -0.450.